The predicted molar refractivity (Wildman–Crippen MR) is 72.4 cm³/mol. The molecule has 118 valence electrons. The first-order valence-electron chi connectivity index (χ1n) is 6.18. The van der Waals surface area contributed by atoms with Gasteiger partial charge in [-0.3, -0.25) is 4.18 Å². The van der Waals surface area contributed by atoms with Gasteiger partial charge in [-0.1, -0.05) is 23.8 Å². The molecule has 0 spiro atoms. The summed E-state index contributed by atoms with van der Waals surface area (Å²) in [5.74, 6) is 0. The topological polar surface area (TPSA) is 56.3 Å². The number of rotatable bonds is 4. The van der Waals surface area contributed by atoms with E-state index < -0.39 is 28.6 Å². The molecule has 0 fully saturated rings. The largest absolute Gasteiger partial charge is 0.433 e. The molecule has 0 saturated carbocycles. The van der Waals surface area contributed by atoms with Crippen molar-refractivity contribution >= 4 is 10.1 Å². The van der Waals surface area contributed by atoms with Crippen LogP contribution in [0.15, 0.2) is 47.4 Å². The van der Waals surface area contributed by atoms with Crippen molar-refractivity contribution in [3.63, 3.8) is 0 Å². The van der Waals surface area contributed by atoms with Crippen molar-refractivity contribution in [2.75, 3.05) is 0 Å². The predicted octanol–water partition coefficient (Wildman–Crippen LogP) is 3.31. The normalized spacial score (nSPS) is 12.4. The third kappa shape index (κ3) is 4.05. The van der Waals surface area contributed by atoms with Crippen LogP contribution in [0.4, 0.5) is 13.2 Å². The molecule has 2 aromatic rings. The van der Waals surface area contributed by atoms with E-state index >= 15 is 0 Å². The molecule has 0 aliphatic rings. The summed E-state index contributed by atoms with van der Waals surface area (Å²) < 4.78 is 66.2. The van der Waals surface area contributed by atoms with Crippen LogP contribution in [0.2, 0.25) is 0 Å². The second-order valence-electron chi connectivity index (χ2n) is 4.54. The third-order valence-electron chi connectivity index (χ3n) is 2.77. The van der Waals surface area contributed by atoms with Crippen molar-refractivity contribution in [2.45, 2.75) is 24.6 Å². The van der Waals surface area contributed by atoms with Gasteiger partial charge in [-0.05, 0) is 31.2 Å². The maximum atomic E-state index is 12.5. The van der Waals surface area contributed by atoms with E-state index in [0.717, 1.165) is 17.7 Å². The quantitative estimate of drug-likeness (QED) is 0.807. The molecular formula is C14H12F3NO3S. The Morgan fingerprint density at radius 1 is 1.09 bits per heavy atom. The van der Waals surface area contributed by atoms with E-state index in [2.05, 4.69) is 4.98 Å². The van der Waals surface area contributed by atoms with Gasteiger partial charge in [0.2, 0.25) is 0 Å². The molecule has 0 amide bonds. The maximum Gasteiger partial charge on any atom is 0.433 e. The number of pyridine rings is 1. The number of alkyl halides is 3. The molecule has 2 rings (SSSR count). The Morgan fingerprint density at radius 3 is 2.32 bits per heavy atom. The maximum absolute atomic E-state index is 12.5. The molecule has 0 bridgehead atoms. The van der Waals surface area contributed by atoms with Gasteiger partial charge >= 0.3 is 6.18 Å². The summed E-state index contributed by atoms with van der Waals surface area (Å²) >= 11 is 0. The van der Waals surface area contributed by atoms with E-state index in [4.69, 9.17) is 4.18 Å². The minimum atomic E-state index is -4.59. The van der Waals surface area contributed by atoms with Crippen LogP contribution in [-0.4, -0.2) is 13.4 Å². The highest BCUT2D eigenvalue weighted by molar-refractivity contribution is 7.86. The fourth-order valence-corrected chi connectivity index (χ4v) is 2.51. The minimum absolute atomic E-state index is 0.0647. The SMILES string of the molecule is Cc1ccc(S(=O)(=O)OCc2cccc(C(F)(F)F)n2)cc1. The van der Waals surface area contributed by atoms with E-state index in [0.29, 0.717) is 0 Å². The Morgan fingerprint density at radius 2 is 1.73 bits per heavy atom. The summed E-state index contributed by atoms with van der Waals surface area (Å²) in [6, 6.07) is 9.14. The van der Waals surface area contributed by atoms with Crippen molar-refractivity contribution in [1.29, 1.82) is 0 Å². The Kier molecular flexibility index (Phi) is 4.52. The monoisotopic (exact) mass is 331 g/mol. The second-order valence-corrected chi connectivity index (χ2v) is 6.16. The van der Waals surface area contributed by atoms with E-state index in [-0.39, 0.29) is 10.6 Å². The fourth-order valence-electron chi connectivity index (χ4n) is 1.63. The van der Waals surface area contributed by atoms with Gasteiger partial charge in [-0.2, -0.15) is 21.6 Å². The summed E-state index contributed by atoms with van der Waals surface area (Å²) in [5.41, 5.74) is -0.342. The van der Waals surface area contributed by atoms with Gasteiger partial charge in [-0.25, -0.2) is 4.98 Å². The highest BCUT2D eigenvalue weighted by atomic mass is 32.2. The van der Waals surface area contributed by atoms with Crippen LogP contribution in [0.25, 0.3) is 0 Å². The summed E-state index contributed by atoms with van der Waals surface area (Å²) in [4.78, 5) is 3.28. The molecule has 0 aliphatic heterocycles. The Hall–Kier alpha value is -1.93. The van der Waals surface area contributed by atoms with Crippen LogP contribution in [-0.2, 0) is 27.1 Å². The number of aromatic nitrogens is 1. The van der Waals surface area contributed by atoms with E-state index in [1.807, 2.05) is 0 Å². The Balaban J connectivity index is 2.14. The molecule has 0 aliphatic carbocycles. The zero-order chi connectivity index (χ0) is 16.4. The lowest BCUT2D eigenvalue weighted by Gasteiger charge is -2.08. The lowest BCUT2D eigenvalue weighted by atomic mass is 10.2. The average molecular weight is 331 g/mol. The van der Waals surface area contributed by atoms with Gasteiger partial charge in [0.05, 0.1) is 10.6 Å². The Bertz CT molecular complexity index is 756. The zero-order valence-electron chi connectivity index (χ0n) is 11.5. The molecule has 1 aromatic carbocycles. The van der Waals surface area contributed by atoms with Gasteiger partial charge in [0.15, 0.2) is 0 Å². The molecule has 0 saturated heterocycles. The zero-order valence-corrected chi connectivity index (χ0v) is 12.3. The van der Waals surface area contributed by atoms with Crippen LogP contribution in [0.3, 0.4) is 0 Å². The number of halogens is 3. The van der Waals surface area contributed by atoms with Gasteiger partial charge in [0.1, 0.15) is 12.3 Å². The first-order valence-corrected chi connectivity index (χ1v) is 7.58. The summed E-state index contributed by atoms with van der Waals surface area (Å²) in [7, 11) is -4.04. The Labute approximate surface area is 125 Å². The first-order chi connectivity index (χ1) is 10.2. The van der Waals surface area contributed by atoms with Crippen LogP contribution in [0.1, 0.15) is 17.0 Å². The molecule has 8 heteroatoms. The van der Waals surface area contributed by atoms with Gasteiger partial charge < -0.3 is 0 Å². The van der Waals surface area contributed by atoms with E-state index in [1.165, 1.54) is 18.2 Å². The van der Waals surface area contributed by atoms with Gasteiger partial charge in [0, 0.05) is 0 Å². The van der Waals surface area contributed by atoms with Crippen LogP contribution < -0.4 is 0 Å². The number of benzene rings is 1. The molecule has 0 radical (unpaired) electrons. The number of nitrogens with zero attached hydrogens (tertiary/aromatic N) is 1. The molecule has 4 nitrogen and oxygen atoms in total. The molecular weight excluding hydrogens is 319 g/mol. The molecule has 1 aromatic heterocycles. The van der Waals surface area contributed by atoms with Crippen molar-refractivity contribution in [1.82, 2.24) is 4.98 Å². The number of hydrogen-bond acceptors (Lipinski definition) is 4. The smallest absolute Gasteiger partial charge is 0.260 e. The average Bonchev–Trinajstić information content (AvgIpc) is 2.45. The van der Waals surface area contributed by atoms with E-state index in [9.17, 15) is 21.6 Å². The van der Waals surface area contributed by atoms with Crippen molar-refractivity contribution in [3.8, 4) is 0 Å². The molecule has 22 heavy (non-hydrogen) atoms. The minimum Gasteiger partial charge on any atom is -0.260 e. The fraction of sp³-hybridized carbons (Fsp3) is 0.214. The van der Waals surface area contributed by atoms with E-state index in [1.54, 1.807) is 19.1 Å². The van der Waals surface area contributed by atoms with Crippen LogP contribution in [0, 0.1) is 6.92 Å². The molecule has 0 N–H and O–H groups in total. The van der Waals surface area contributed by atoms with Crippen molar-refractivity contribution < 1.29 is 25.8 Å². The summed E-state index contributed by atoms with van der Waals surface area (Å²) in [6.07, 6.45) is -4.59. The van der Waals surface area contributed by atoms with Gasteiger partial charge in [0.25, 0.3) is 10.1 Å². The van der Waals surface area contributed by atoms with Crippen LogP contribution >= 0.6 is 0 Å². The third-order valence-corrected chi connectivity index (χ3v) is 4.05. The standard InChI is InChI=1S/C14H12F3NO3S/c1-10-5-7-12(8-6-10)22(19,20)21-9-11-3-2-4-13(18-11)14(15,16)17/h2-8H,9H2,1H3. The summed E-state index contributed by atoms with van der Waals surface area (Å²) in [5, 5.41) is 0. The molecule has 0 atom stereocenters. The van der Waals surface area contributed by atoms with Crippen molar-refractivity contribution in [3.05, 3.63) is 59.4 Å². The number of aryl methyl sites for hydroxylation is 1. The second kappa shape index (κ2) is 6.05. The van der Waals surface area contributed by atoms with Crippen LogP contribution in [0.5, 0.6) is 0 Å². The lowest BCUT2D eigenvalue weighted by molar-refractivity contribution is -0.141. The first kappa shape index (κ1) is 16.4. The van der Waals surface area contributed by atoms with Gasteiger partial charge in [-0.15, -0.1) is 0 Å². The number of hydrogen-bond donors (Lipinski definition) is 0. The molecule has 0 unspecified atom stereocenters. The molecule has 1 heterocycles. The van der Waals surface area contributed by atoms with Crippen molar-refractivity contribution in [2.24, 2.45) is 0 Å². The highest BCUT2D eigenvalue weighted by Gasteiger charge is 2.32. The highest BCUT2D eigenvalue weighted by Crippen LogP contribution is 2.27. The summed E-state index contributed by atoms with van der Waals surface area (Å²) in [6.45, 7) is 1.23. The lowest BCUT2D eigenvalue weighted by Crippen LogP contribution is -2.11.